The molecule has 7 heteroatoms. The number of nitrogen functional groups attached to an aromatic ring is 1. The van der Waals surface area contributed by atoms with E-state index in [0.717, 1.165) is 18.4 Å². The van der Waals surface area contributed by atoms with E-state index >= 15 is 0 Å². The summed E-state index contributed by atoms with van der Waals surface area (Å²) in [6.07, 6.45) is 4.27. The van der Waals surface area contributed by atoms with Gasteiger partial charge in [-0.15, -0.1) is 0 Å². The van der Waals surface area contributed by atoms with Crippen molar-refractivity contribution in [3.63, 3.8) is 0 Å². The first-order chi connectivity index (χ1) is 9.10. The predicted octanol–water partition coefficient (Wildman–Crippen LogP) is 1.13. The van der Waals surface area contributed by atoms with Gasteiger partial charge in [0.05, 0.1) is 11.9 Å². The molecule has 3 N–H and O–H groups in total. The fraction of sp³-hybridized carbons (Fsp3) is 0.250. The minimum Gasteiger partial charge on any atom is -0.398 e. The van der Waals surface area contributed by atoms with Crippen LogP contribution in [0.15, 0.2) is 35.5 Å². The van der Waals surface area contributed by atoms with Crippen molar-refractivity contribution in [2.24, 2.45) is 0 Å². The van der Waals surface area contributed by atoms with Gasteiger partial charge in [0.25, 0.3) is 10.0 Å². The Morgan fingerprint density at radius 1 is 1.37 bits per heavy atom. The van der Waals surface area contributed by atoms with Crippen molar-refractivity contribution >= 4 is 21.4 Å². The van der Waals surface area contributed by atoms with Crippen LogP contribution in [0.5, 0.6) is 0 Å². The molecule has 1 aromatic heterocycles. The van der Waals surface area contributed by atoms with Gasteiger partial charge in [-0.3, -0.25) is 9.40 Å². The van der Waals surface area contributed by atoms with E-state index in [1.165, 1.54) is 16.7 Å². The number of aromatic nitrogens is 2. The predicted molar refractivity (Wildman–Crippen MR) is 72.3 cm³/mol. The van der Waals surface area contributed by atoms with Gasteiger partial charge >= 0.3 is 0 Å². The fourth-order valence-electron chi connectivity index (χ4n) is 2.37. The lowest BCUT2D eigenvalue weighted by Gasteiger charge is -2.30. The summed E-state index contributed by atoms with van der Waals surface area (Å²) in [7, 11) is -3.56. The molecular weight excluding hydrogens is 264 g/mol. The third-order valence-electron chi connectivity index (χ3n) is 3.31. The summed E-state index contributed by atoms with van der Waals surface area (Å²) >= 11 is 0. The summed E-state index contributed by atoms with van der Waals surface area (Å²) in [4.78, 5) is 0.169. The minimum atomic E-state index is -3.56. The molecule has 1 aliphatic rings. The lowest BCUT2D eigenvalue weighted by molar-refractivity contribution is 0.587. The van der Waals surface area contributed by atoms with Crippen LogP contribution in [0.4, 0.5) is 11.4 Å². The normalized spacial score (nSPS) is 15.3. The van der Waals surface area contributed by atoms with Gasteiger partial charge in [0.1, 0.15) is 4.90 Å². The van der Waals surface area contributed by atoms with Crippen molar-refractivity contribution in [3.05, 3.63) is 36.2 Å². The van der Waals surface area contributed by atoms with E-state index in [2.05, 4.69) is 10.2 Å². The van der Waals surface area contributed by atoms with Gasteiger partial charge < -0.3 is 5.73 Å². The number of hydrogen-bond donors (Lipinski definition) is 2. The van der Waals surface area contributed by atoms with E-state index in [4.69, 9.17) is 5.73 Å². The van der Waals surface area contributed by atoms with Crippen LogP contribution in [0.1, 0.15) is 12.0 Å². The zero-order chi connectivity index (χ0) is 13.5. The van der Waals surface area contributed by atoms with Crippen LogP contribution in [0.3, 0.4) is 0 Å². The van der Waals surface area contributed by atoms with Crippen molar-refractivity contribution in [2.45, 2.75) is 17.7 Å². The Balaban J connectivity index is 2.13. The first-order valence-corrected chi connectivity index (χ1v) is 7.43. The zero-order valence-electron chi connectivity index (χ0n) is 10.2. The molecule has 0 fully saturated rings. The van der Waals surface area contributed by atoms with Crippen LogP contribution in [-0.2, 0) is 16.4 Å². The highest BCUT2D eigenvalue weighted by atomic mass is 32.2. The van der Waals surface area contributed by atoms with E-state index in [1.807, 2.05) is 0 Å². The second-order valence-corrected chi connectivity index (χ2v) is 6.32. The summed E-state index contributed by atoms with van der Waals surface area (Å²) in [5.41, 5.74) is 8.15. The lowest BCUT2D eigenvalue weighted by atomic mass is 10.0. The molecule has 2 heterocycles. The Bertz CT molecular complexity index is 695. The van der Waals surface area contributed by atoms with Gasteiger partial charge in [0.2, 0.25) is 0 Å². The number of nitrogens with zero attached hydrogens (tertiary/aromatic N) is 2. The molecule has 0 radical (unpaired) electrons. The first kappa shape index (κ1) is 12.0. The van der Waals surface area contributed by atoms with Crippen LogP contribution in [0.25, 0.3) is 0 Å². The average molecular weight is 278 g/mol. The largest absolute Gasteiger partial charge is 0.398 e. The maximum absolute atomic E-state index is 12.5. The van der Waals surface area contributed by atoms with Crippen molar-refractivity contribution in [1.29, 1.82) is 0 Å². The molecule has 0 amide bonds. The van der Waals surface area contributed by atoms with Gasteiger partial charge in [-0.1, -0.05) is 6.07 Å². The number of hydrogen-bond acceptors (Lipinski definition) is 4. The molecule has 0 aliphatic carbocycles. The van der Waals surface area contributed by atoms with Gasteiger partial charge in [-0.05, 0) is 30.5 Å². The Kier molecular flexibility index (Phi) is 2.70. The number of benzene rings is 1. The molecule has 3 rings (SSSR count). The first-order valence-electron chi connectivity index (χ1n) is 5.99. The molecule has 2 aromatic rings. The van der Waals surface area contributed by atoms with Crippen LogP contribution in [0.2, 0.25) is 0 Å². The summed E-state index contributed by atoms with van der Waals surface area (Å²) in [6.45, 7) is 0.462. The molecule has 0 unspecified atom stereocenters. The van der Waals surface area contributed by atoms with Gasteiger partial charge in [-0.2, -0.15) is 5.10 Å². The summed E-state index contributed by atoms with van der Waals surface area (Å²) < 4.78 is 26.5. The number of H-pyrrole nitrogens is 1. The second kappa shape index (κ2) is 4.27. The van der Waals surface area contributed by atoms with Crippen molar-refractivity contribution in [3.8, 4) is 0 Å². The monoisotopic (exact) mass is 278 g/mol. The van der Waals surface area contributed by atoms with Gasteiger partial charge in [0, 0.05) is 18.4 Å². The second-order valence-electron chi connectivity index (χ2n) is 4.46. The molecule has 0 atom stereocenters. The molecule has 6 nitrogen and oxygen atoms in total. The highest BCUT2D eigenvalue weighted by molar-refractivity contribution is 7.92. The van der Waals surface area contributed by atoms with Crippen LogP contribution >= 0.6 is 0 Å². The van der Waals surface area contributed by atoms with Gasteiger partial charge in [-0.25, -0.2) is 8.42 Å². The van der Waals surface area contributed by atoms with Crippen LogP contribution in [0, 0.1) is 0 Å². The van der Waals surface area contributed by atoms with E-state index in [0.29, 0.717) is 17.9 Å². The van der Waals surface area contributed by atoms with E-state index in [-0.39, 0.29) is 4.90 Å². The highest BCUT2D eigenvalue weighted by Crippen LogP contribution is 2.34. The van der Waals surface area contributed by atoms with E-state index in [1.54, 1.807) is 18.2 Å². The third-order valence-corrected chi connectivity index (χ3v) is 5.08. The fourth-order valence-corrected chi connectivity index (χ4v) is 3.82. The molecule has 1 aliphatic heterocycles. The number of nitrogens with one attached hydrogen (secondary N) is 1. The highest BCUT2D eigenvalue weighted by Gasteiger charge is 2.30. The topological polar surface area (TPSA) is 92.1 Å². The summed E-state index contributed by atoms with van der Waals surface area (Å²) in [5.74, 6) is 0. The molecule has 100 valence electrons. The number of fused-ring (bicyclic) bond motifs is 1. The lowest BCUT2D eigenvalue weighted by Crippen LogP contribution is -2.35. The van der Waals surface area contributed by atoms with E-state index in [9.17, 15) is 8.42 Å². The quantitative estimate of drug-likeness (QED) is 0.805. The smallest absolute Gasteiger partial charge is 0.267 e. The number of aromatic amines is 1. The number of sulfonamides is 1. The standard InChI is InChI=1S/C12H14N4O2S/c13-11-4-1-5-12-10(11)3-2-6-16(12)19(17,18)9-7-14-15-8-9/h1,4-5,7-8H,2-3,6,13H2,(H,14,15). The molecular formula is C12H14N4O2S. The summed E-state index contributed by atoms with van der Waals surface area (Å²) in [5, 5.41) is 6.23. The number of nitrogens with two attached hydrogens (primary N) is 1. The maximum atomic E-state index is 12.5. The van der Waals surface area contributed by atoms with Gasteiger partial charge in [0.15, 0.2) is 0 Å². The van der Waals surface area contributed by atoms with Crippen LogP contribution < -0.4 is 10.0 Å². The average Bonchev–Trinajstić information content (AvgIpc) is 2.93. The SMILES string of the molecule is Nc1cccc2c1CCCN2S(=O)(=O)c1cn[nH]c1. The molecule has 0 bridgehead atoms. The summed E-state index contributed by atoms with van der Waals surface area (Å²) in [6, 6.07) is 5.37. The Hall–Kier alpha value is -2.02. The van der Waals surface area contributed by atoms with Crippen molar-refractivity contribution in [1.82, 2.24) is 10.2 Å². The number of anilines is 2. The number of rotatable bonds is 2. The van der Waals surface area contributed by atoms with Crippen LogP contribution in [-0.4, -0.2) is 25.2 Å². The molecule has 0 saturated carbocycles. The van der Waals surface area contributed by atoms with Crippen molar-refractivity contribution in [2.75, 3.05) is 16.6 Å². The molecule has 0 spiro atoms. The molecule has 19 heavy (non-hydrogen) atoms. The maximum Gasteiger partial charge on any atom is 0.267 e. The Morgan fingerprint density at radius 2 is 2.21 bits per heavy atom. The van der Waals surface area contributed by atoms with Crippen molar-refractivity contribution < 1.29 is 8.42 Å². The Labute approximate surface area is 111 Å². The molecule has 1 aromatic carbocycles. The Morgan fingerprint density at radius 3 is 2.95 bits per heavy atom. The molecule has 0 saturated heterocycles. The third kappa shape index (κ3) is 1.86. The zero-order valence-corrected chi connectivity index (χ0v) is 11.0. The van der Waals surface area contributed by atoms with E-state index < -0.39 is 10.0 Å². The minimum absolute atomic E-state index is 0.169.